The second kappa shape index (κ2) is 8.93. The molecule has 0 bridgehead atoms. The zero-order chi connectivity index (χ0) is 22.0. The van der Waals surface area contributed by atoms with Crippen LogP contribution in [0.15, 0.2) is 48.5 Å². The summed E-state index contributed by atoms with van der Waals surface area (Å²) in [7, 11) is 2.09. The van der Waals surface area contributed by atoms with Crippen LogP contribution >= 0.6 is 11.6 Å². The lowest BCUT2D eigenvalue weighted by Gasteiger charge is -2.44. The summed E-state index contributed by atoms with van der Waals surface area (Å²) >= 11 is 6.00. The van der Waals surface area contributed by atoms with E-state index < -0.39 is 0 Å². The van der Waals surface area contributed by atoms with Gasteiger partial charge in [-0.3, -0.25) is 14.9 Å². The summed E-state index contributed by atoms with van der Waals surface area (Å²) in [5.41, 5.74) is 3.06. The third kappa shape index (κ3) is 4.58. The van der Waals surface area contributed by atoms with Crippen LogP contribution in [0.25, 0.3) is 6.08 Å². The molecular formula is C25H27ClN2O3. The number of rotatable bonds is 6. The zero-order valence-electron chi connectivity index (χ0n) is 17.7. The number of Topliss-reactive ketones (excluding diaryl/α,β-unsaturated/α-hetero) is 1. The van der Waals surface area contributed by atoms with E-state index in [0.717, 1.165) is 43.2 Å². The van der Waals surface area contributed by atoms with Gasteiger partial charge in [-0.15, -0.1) is 0 Å². The quantitative estimate of drug-likeness (QED) is 0.313. The fourth-order valence-corrected chi connectivity index (χ4v) is 5.31. The molecule has 1 spiro atoms. The third-order valence-corrected chi connectivity index (χ3v) is 7.23. The van der Waals surface area contributed by atoms with Crippen molar-refractivity contribution in [2.24, 2.45) is 0 Å². The highest BCUT2D eigenvalue weighted by Gasteiger charge is 2.40. The number of carbonyl (C=O) groups excluding carboxylic acids is 1. The number of ketones is 1. The average Bonchev–Trinajstić information content (AvgIpc) is 2.78. The van der Waals surface area contributed by atoms with Crippen molar-refractivity contribution < 1.29 is 9.72 Å². The van der Waals surface area contributed by atoms with Gasteiger partial charge >= 0.3 is 0 Å². The molecule has 0 amide bonds. The Balaban J connectivity index is 1.39. The van der Waals surface area contributed by atoms with E-state index in [0.29, 0.717) is 29.6 Å². The first-order chi connectivity index (χ1) is 14.9. The molecule has 0 radical (unpaired) electrons. The second-order valence-corrected chi connectivity index (χ2v) is 9.25. The molecule has 2 aromatic rings. The van der Waals surface area contributed by atoms with Crippen LogP contribution in [0, 0.1) is 10.1 Å². The monoisotopic (exact) mass is 438 g/mol. The molecule has 2 aromatic carbocycles. The maximum Gasteiger partial charge on any atom is 0.269 e. The Labute approximate surface area is 187 Å². The van der Waals surface area contributed by atoms with Crippen LogP contribution in [0.5, 0.6) is 0 Å². The average molecular weight is 439 g/mol. The van der Waals surface area contributed by atoms with Crippen LogP contribution in [-0.4, -0.2) is 35.2 Å². The van der Waals surface area contributed by atoms with Gasteiger partial charge in [0.15, 0.2) is 5.78 Å². The lowest BCUT2D eigenvalue weighted by Crippen LogP contribution is -2.42. The van der Waals surface area contributed by atoms with Crippen molar-refractivity contribution in [1.29, 1.82) is 0 Å². The summed E-state index contributed by atoms with van der Waals surface area (Å²) in [6.45, 7) is 0.713. The van der Waals surface area contributed by atoms with E-state index in [1.165, 1.54) is 0 Å². The molecule has 0 unspecified atom stereocenters. The van der Waals surface area contributed by atoms with Crippen molar-refractivity contribution in [3.8, 4) is 0 Å². The lowest BCUT2D eigenvalue weighted by molar-refractivity contribution is -0.385. The van der Waals surface area contributed by atoms with Crippen LogP contribution in [0.1, 0.15) is 60.0 Å². The van der Waals surface area contributed by atoms with Gasteiger partial charge in [-0.05, 0) is 73.9 Å². The highest BCUT2D eigenvalue weighted by molar-refractivity contribution is 6.31. The summed E-state index contributed by atoms with van der Waals surface area (Å²) in [5.74, 6) is 0.111. The molecular weight excluding hydrogens is 412 g/mol. The number of nitro groups is 1. The van der Waals surface area contributed by atoms with E-state index in [4.69, 9.17) is 11.6 Å². The van der Waals surface area contributed by atoms with Crippen LogP contribution in [0.4, 0.5) is 5.69 Å². The van der Waals surface area contributed by atoms with Crippen molar-refractivity contribution in [3.05, 3.63) is 80.4 Å². The highest BCUT2D eigenvalue weighted by Crippen LogP contribution is 2.47. The molecule has 2 aliphatic carbocycles. The number of nitro benzene ring substituents is 1. The van der Waals surface area contributed by atoms with E-state index in [2.05, 4.69) is 24.1 Å². The van der Waals surface area contributed by atoms with Gasteiger partial charge in [0.05, 0.1) is 4.92 Å². The van der Waals surface area contributed by atoms with Gasteiger partial charge in [-0.2, -0.15) is 0 Å². The normalized spacial score (nSPS) is 22.5. The number of nitrogens with zero attached hydrogens (tertiary/aromatic N) is 2. The SMILES string of the molecule is CN(CCC(=O)c1cccc(Cl)c1)C1CCC2(CC=Cc3ccc([N+](=O)[O-])cc32)CC1. The molecule has 1 saturated carbocycles. The summed E-state index contributed by atoms with van der Waals surface area (Å²) in [5, 5.41) is 11.9. The Morgan fingerprint density at radius 3 is 2.71 bits per heavy atom. The summed E-state index contributed by atoms with van der Waals surface area (Å²) < 4.78 is 0. The van der Waals surface area contributed by atoms with Crippen molar-refractivity contribution in [2.45, 2.75) is 50.0 Å². The van der Waals surface area contributed by atoms with Gasteiger partial charge in [0.25, 0.3) is 5.69 Å². The molecule has 0 aliphatic heterocycles. The largest absolute Gasteiger partial charge is 0.303 e. The van der Waals surface area contributed by atoms with Gasteiger partial charge in [0.1, 0.15) is 0 Å². The Hall–Kier alpha value is -2.50. The summed E-state index contributed by atoms with van der Waals surface area (Å²) in [6, 6.07) is 12.8. The van der Waals surface area contributed by atoms with E-state index in [1.54, 1.807) is 30.3 Å². The second-order valence-electron chi connectivity index (χ2n) is 8.81. The highest BCUT2D eigenvalue weighted by atomic mass is 35.5. The number of halogens is 1. The van der Waals surface area contributed by atoms with Crippen LogP contribution < -0.4 is 0 Å². The molecule has 0 atom stereocenters. The maximum absolute atomic E-state index is 12.5. The van der Waals surface area contributed by atoms with E-state index in [-0.39, 0.29) is 21.8 Å². The number of allylic oxidation sites excluding steroid dienone is 1. The molecule has 6 heteroatoms. The molecule has 5 nitrogen and oxygen atoms in total. The molecule has 31 heavy (non-hydrogen) atoms. The number of fused-ring (bicyclic) bond motifs is 2. The summed E-state index contributed by atoms with van der Waals surface area (Å²) in [4.78, 5) is 25.8. The topological polar surface area (TPSA) is 63.5 Å². The number of carbonyl (C=O) groups is 1. The number of benzene rings is 2. The molecule has 0 heterocycles. The number of non-ortho nitro benzene ring substituents is 1. The minimum Gasteiger partial charge on any atom is -0.303 e. The third-order valence-electron chi connectivity index (χ3n) is 7.00. The maximum atomic E-state index is 12.5. The smallest absolute Gasteiger partial charge is 0.269 e. The Bertz CT molecular complexity index is 1030. The molecule has 0 N–H and O–H groups in total. The molecule has 2 aliphatic rings. The fraction of sp³-hybridized carbons (Fsp3) is 0.400. The fourth-order valence-electron chi connectivity index (χ4n) is 5.12. The molecule has 0 aromatic heterocycles. The molecule has 0 saturated heterocycles. The molecule has 1 fully saturated rings. The van der Waals surface area contributed by atoms with Crippen molar-refractivity contribution in [2.75, 3.05) is 13.6 Å². The van der Waals surface area contributed by atoms with Crippen LogP contribution in [0.3, 0.4) is 0 Å². The van der Waals surface area contributed by atoms with E-state index >= 15 is 0 Å². The van der Waals surface area contributed by atoms with Gasteiger partial charge in [0.2, 0.25) is 0 Å². The first-order valence-corrected chi connectivity index (χ1v) is 11.2. The zero-order valence-corrected chi connectivity index (χ0v) is 18.5. The van der Waals surface area contributed by atoms with Gasteiger partial charge < -0.3 is 4.90 Å². The molecule has 162 valence electrons. The van der Waals surface area contributed by atoms with Crippen molar-refractivity contribution in [1.82, 2.24) is 4.90 Å². The lowest BCUT2D eigenvalue weighted by atomic mass is 9.63. The number of hydrogen-bond donors (Lipinski definition) is 0. The van der Waals surface area contributed by atoms with Gasteiger partial charge in [-0.25, -0.2) is 0 Å². The van der Waals surface area contributed by atoms with Crippen molar-refractivity contribution >= 4 is 29.1 Å². The van der Waals surface area contributed by atoms with Crippen LogP contribution in [-0.2, 0) is 5.41 Å². The van der Waals surface area contributed by atoms with Crippen LogP contribution in [0.2, 0.25) is 5.02 Å². The Kier molecular flexibility index (Phi) is 6.26. The number of hydrogen-bond acceptors (Lipinski definition) is 4. The summed E-state index contributed by atoms with van der Waals surface area (Å²) in [6.07, 6.45) is 9.76. The Morgan fingerprint density at radius 1 is 1.23 bits per heavy atom. The predicted octanol–water partition coefficient (Wildman–Crippen LogP) is 6.05. The van der Waals surface area contributed by atoms with E-state index in [9.17, 15) is 14.9 Å². The molecule has 4 rings (SSSR count). The Morgan fingerprint density at radius 2 is 2.00 bits per heavy atom. The van der Waals surface area contributed by atoms with E-state index in [1.807, 2.05) is 12.1 Å². The predicted molar refractivity (Wildman–Crippen MR) is 124 cm³/mol. The van der Waals surface area contributed by atoms with Crippen molar-refractivity contribution in [3.63, 3.8) is 0 Å². The first kappa shape index (κ1) is 21.7. The minimum absolute atomic E-state index is 0.00987. The minimum atomic E-state index is -0.303. The van der Waals surface area contributed by atoms with Gasteiger partial charge in [-0.1, -0.05) is 35.9 Å². The standard InChI is InChI=1S/C25H27ClN2O3/c1-27(15-11-24(29)19-4-2-6-20(26)16-19)21-9-13-25(14-10-21)12-3-5-18-7-8-22(28(30)31)17-23(18)25/h2-8,16-17,21H,9-15H2,1H3. The first-order valence-electron chi connectivity index (χ1n) is 10.8. The van der Waals surface area contributed by atoms with Gasteiger partial charge in [0, 0.05) is 41.7 Å².